The molecule has 1 aliphatic heterocycles. The molecule has 9 nitrogen and oxygen atoms in total. The van der Waals surface area contributed by atoms with Gasteiger partial charge in [-0.3, -0.25) is 19.7 Å². The number of ether oxygens (including phenoxy) is 2. The average molecular weight is 445 g/mol. The Kier molecular flexibility index (Phi) is 5.77. The molecule has 0 radical (unpaired) electrons. The summed E-state index contributed by atoms with van der Waals surface area (Å²) in [5.41, 5.74) is 1.27. The SMILES string of the molecule is COc1cccc(NC2=C(c3ccc([N+](=O)[O-])cc3)C(=O)N(c3cccc(OC)c3)C2=O)c1. The quantitative estimate of drug-likeness (QED) is 0.332. The van der Waals surface area contributed by atoms with Crippen LogP contribution in [-0.2, 0) is 9.59 Å². The minimum absolute atomic E-state index is 0.0462. The zero-order valence-corrected chi connectivity index (χ0v) is 17.8. The monoisotopic (exact) mass is 445 g/mol. The molecule has 0 spiro atoms. The summed E-state index contributed by atoms with van der Waals surface area (Å²) in [4.78, 5) is 38.5. The van der Waals surface area contributed by atoms with Crippen molar-refractivity contribution >= 4 is 34.4 Å². The zero-order chi connectivity index (χ0) is 23.5. The van der Waals surface area contributed by atoms with Gasteiger partial charge in [-0.05, 0) is 42.0 Å². The van der Waals surface area contributed by atoms with E-state index in [0.717, 1.165) is 4.90 Å². The van der Waals surface area contributed by atoms with Crippen LogP contribution >= 0.6 is 0 Å². The first kappa shape index (κ1) is 21.6. The number of non-ortho nitro benzene ring substituents is 1. The maximum atomic E-state index is 13.5. The van der Waals surface area contributed by atoms with Crippen LogP contribution in [0.4, 0.5) is 17.1 Å². The third-order valence-corrected chi connectivity index (χ3v) is 5.10. The molecular weight excluding hydrogens is 426 g/mol. The van der Waals surface area contributed by atoms with Crippen molar-refractivity contribution in [3.63, 3.8) is 0 Å². The van der Waals surface area contributed by atoms with Gasteiger partial charge < -0.3 is 14.8 Å². The number of amides is 2. The Labute approximate surface area is 189 Å². The van der Waals surface area contributed by atoms with Crippen LogP contribution in [0.25, 0.3) is 5.57 Å². The number of methoxy groups -OCH3 is 2. The van der Waals surface area contributed by atoms with Crippen LogP contribution < -0.4 is 19.7 Å². The highest BCUT2D eigenvalue weighted by molar-refractivity contribution is 6.46. The summed E-state index contributed by atoms with van der Waals surface area (Å²) in [6, 6.07) is 19.0. The third-order valence-electron chi connectivity index (χ3n) is 5.10. The lowest BCUT2D eigenvalue weighted by Crippen LogP contribution is -2.32. The number of imide groups is 1. The van der Waals surface area contributed by atoms with Gasteiger partial charge in [0.2, 0.25) is 0 Å². The van der Waals surface area contributed by atoms with E-state index in [2.05, 4.69) is 5.32 Å². The van der Waals surface area contributed by atoms with Crippen molar-refractivity contribution in [3.05, 3.63) is 94.2 Å². The van der Waals surface area contributed by atoms with Gasteiger partial charge in [0.1, 0.15) is 17.2 Å². The van der Waals surface area contributed by atoms with Crippen LogP contribution in [0.3, 0.4) is 0 Å². The molecule has 33 heavy (non-hydrogen) atoms. The van der Waals surface area contributed by atoms with Gasteiger partial charge in [0.05, 0.1) is 30.4 Å². The van der Waals surface area contributed by atoms with Gasteiger partial charge in [0.15, 0.2) is 0 Å². The van der Waals surface area contributed by atoms with Crippen molar-refractivity contribution in [2.75, 3.05) is 24.4 Å². The summed E-state index contributed by atoms with van der Waals surface area (Å²) in [6.07, 6.45) is 0. The molecule has 3 aromatic carbocycles. The Morgan fingerprint density at radius 1 is 0.848 bits per heavy atom. The lowest BCUT2D eigenvalue weighted by Gasteiger charge is -2.16. The van der Waals surface area contributed by atoms with Crippen LogP contribution in [0, 0.1) is 10.1 Å². The molecular formula is C24H19N3O6. The molecule has 0 unspecified atom stereocenters. The Balaban J connectivity index is 1.81. The molecule has 3 aromatic rings. The number of nitro benzene ring substituents is 1. The van der Waals surface area contributed by atoms with E-state index >= 15 is 0 Å². The lowest BCUT2D eigenvalue weighted by molar-refractivity contribution is -0.384. The molecule has 0 bridgehead atoms. The molecule has 2 amide bonds. The summed E-state index contributed by atoms with van der Waals surface area (Å²) in [5, 5.41) is 14.1. The van der Waals surface area contributed by atoms with Crippen LogP contribution in [0.2, 0.25) is 0 Å². The summed E-state index contributed by atoms with van der Waals surface area (Å²) in [5.74, 6) is -0.0740. The molecule has 1 heterocycles. The highest BCUT2D eigenvalue weighted by Gasteiger charge is 2.40. The van der Waals surface area contributed by atoms with Crippen LogP contribution in [0.15, 0.2) is 78.5 Å². The molecule has 0 atom stereocenters. The van der Waals surface area contributed by atoms with Gasteiger partial charge in [0, 0.05) is 30.0 Å². The predicted octanol–water partition coefficient (Wildman–Crippen LogP) is 4.01. The van der Waals surface area contributed by atoms with Gasteiger partial charge >= 0.3 is 0 Å². The number of anilines is 2. The molecule has 4 rings (SSSR count). The molecule has 166 valence electrons. The summed E-state index contributed by atoms with van der Waals surface area (Å²) < 4.78 is 10.5. The van der Waals surface area contributed by atoms with Gasteiger partial charge in [-0.25, -0.2) is 4.90 Å². The Bertz CT molecular complexity index is 1280. The second kappa shape index (κ2) is 8.83. The van der Waals surface area contributed by atoms with Crippen molar-refractivity contribution < 1.29 is 24.0 Å². The normalized spacial score (nSPS) is 13.3. The number of carbonyl (C=O) groups excluding carboxylic acids is 2. The average Bonchev–Trinajstić information content (AvgIpc) is 3.08. The third kappa shape index (κ3) is 4.11. The smallest absolute Gasteiger partial charge is 0.282 e. The van der Waals surface area contributed by atoms with E-state index in [-0.39, 0.29) is 17.0 Å². The highest BCUT2D eigenvalue weighted by atomic mass is 16.6. The van der Waals surface area contributed by atoms with E-state index in [1.807, 2.05) is 0 Å². The van der Waals surface area contributed by atoms with E-state index in [0.29, 0.717) is 28.4 Å². The predicted molar refractivity (Wildman–Crippen MR) is 122 cm³/mol. The van der Waals surface area contributed by atoms with Crippen molar-refractivity contribution in [1.29, 1.82) is 0 Å². The number of nitro groups is 1. The van der Waals surface area contributed by atoms with E-state index in [1.54, 1.807) is 48.5 Å². The number of hydrogen-bond donors (Lipinski definition) is 1. The molecule has 0 aromatic heterocycles. The van der Waals surface area contributed by atoms with E-state index < -0.39 is 16.7 Å². The van der Waals surface area contributed by atoms with Crippen LogP contribution in [0.5, 0.6) is 11.5 Å². The highest BCUT2D eigenvalue weighted by Crippen LogP contribution is 2.35. The van der Waals surface area contributed by atoms with Crippen molar-refractivity contribution in [2.24, 2.45) is 0 Å². The fraction of sp³-hybridized carbons (Fsp3) is 0.0833. The minimum Gasteiger partial charge on any atom is -0.497 e. The number of rotatable bonds is 7. The number of hydrogen-bond acceptors (Lipinski definition) is 7. The van der Waals surface area contributed by atoms with E-state index in [4.69, 9.17) is 9.47 Å². The Morgan fingerprint density at radius 2 is 1.48 bits per heavy atom. The largest absolute Gasteiger partial charge is 0.497 e. The van der Waals surface area contributed by atoms with Crippen LogP contribution in [-0.4, -0.2) is 31.0 Å². The second-order valence-electron chi connectivity index (χ2n) is 7.06. The Hall–Kier alpha value is -4.66. The molecule has 0 aliphatic carbocycles. The first-order valence-electron chi connectivity index (χ1n) is 9.86. The number of carbonyl (C=O) groups is 2. The number of benzene rings is 3. The van der Waals surface area contributed by atoms with E-state index in [1.165, 1.54) is 38.5 Å². The Morgan fingerprint density at radius 3 is 2.12 bits per heavy atom. The minimum atomic E-state index is -0.565. The lowest BCUT2D eigenvalue weighted by atomic mass is 10.0. The standard InChI is InChI=1S/C24H19N3O6/c1-32-19-7-3-5-16(13-19)25-22-21(15-9-11-17(12-10-15)27(30)31)23(28)26(24(22)29)18-6-4-8-20(14-18)33-2/h3-14,25H,1-2H3. The molecule has 0 saturated heterocycles. The number of nitrogens with one attached hydrogen (secondary N) is 1. The molecule has 1 aliphatic rings. The first-order chi connectivity index (χ1) is 15.9. The van der Waals surface area contributed by atoms with Gasteiger partial charge in [-0.1, -0.05) is 12.1 Å². The maximum Gasteiger partial charge on any atom is 0.282 e. The summed E-state index contributed by atoms with van der Waals surface area (Å²) >= 11 is 0. The first-order valence-corrected chi connectivity index (χ1v) is 9.86. The second-order valence-corrected chi connectivity index (χ2v) is 7.06. The fourth-order valence-electron chi connectivity index (χ4n) is 3.49. The van der Waals surface area contributed by atoms with Gasteiger partial charge in [0.25, 0.3) is 17.5 Å². The van der Waals surface area contributed by atoms with E-state index in [9.17, 15) is 19.7 Å². The zero-order valence-electron chi connectivity index (χ0n) is 17.8. The number of nitrogens with zero attached hydrogens (tertiary/aromatic N) is 2. The van der Waals surface area contributed by atoms with Gasteiger partial charge in [-0.2, -0.15) is 0 Å². The summed E-state index contributed by atoms with van der Waals surface area (Å²) in [7, 11) is 3.01. The molecule has 0 fully saturated rings. The molecule has 9 heteroatoms. The van der Waals surface area contributed by atoms with Gasteiger partial charge in [-0.15, -0.1) is 0 Å². The molecule has 1 N–H and O–H groups in total. The maximum absolute atomic E-state index is 13.5. The van der Waals surface area contributed by atoms with Crippen LogP contribution in [0.1, 0.15) is 5.56 Å². The topological polar surface area (TPSA) is 111 Å². The summed E-state index contributed by atoms with van der Waals surface area (Å²) in [6.45, 7) is 0. The molecule has 0 saturated carbocycles. The fourth-order valence-corrected chi connectivity index (χ4v) is 3.49. The van der Waals surface area contributed by atoms with Crippen molar-refractivity contribution in [2.45, 2.75) is 0 Å². The van der Waals surface area contributed by atoms with Crippen molar-refractivity contribution in [3.8, 4) is 11.5 Å². The van der Waals surface area contributed by atoms with Crippen molar-refractivity contribution in [1.82, 2.24) is 0 Å².